The quantitative estimate of drug-likeness (QED) is 0.447. The van der Waals surface area contributed by atoms with Crippen molar-refractivity contribution in [1.29, 1.82) is 5.26 Å². The predicted octanol–water partition coefficient (Wildman–Crippen LogP) is 3.82. The first kappa shape index (κ1) is 27.8. The zero-order valence-electron chi connectivity index (χ0n) is 23.9. The number of hydrogen-bond acceptors (Lipinski definition) is 8. The molecule has 2 aromatic carbocycles. The SMILES string of the molecule is C=CC(=O)N1CCN(c2c(C#N)c(OC[C@@H]3CCCN3C)nc3c2CCN(c2c(F)c(O)cc4ccccc24)C3)CC1. The maximum atomic E-state index is 15.5. The third-order valence-electron chi connectivity index (χ3n) is 8.83. The van der Waals surface area contributed by atoms with Gasteiger partial charge in [0.05, 0.1) is 23.6 Å². The van der Waals surface area contributed by atoms with Crippen LogP contribution in [0.25, 0.3) is 10.8 Å². The summed E-state index contributed by atoms with van der Waals surface area (Å²) in [6, 6.07) is 11.5. The fourth-order valence-electron chi connectivity index (χ4n) is 6.52. The molecule has 0 bridgehead atoms. The summed E-state index contributed by atoms with van der Waals surface area (Å²) in [6.07, 6.45) is 3.99. The van der Waals surface area contributed by atoms with Crippen molar-refractivity contribution in [3.05, 3.63) is 65.6 Å². The van der Waals surface area contributed by atoms with Gasteiger partial charge < -0.3 is 29.4 Å². The number of nitriles is 1. The van der Waals surface area contributed by atoms with E-state index >= 15 is 4.39 Å². The lowest BCUT2D eigenvalue weighted by atomic mass is 9.97. The molecule has 1 atom stereocenters. The van der Waals surface area contributed by atoms with Gasteiger partial charge in [-0.1, -0.05) is 30.8 Å². The van der Waals surface area contributed by atoms with E-state index in [2.05, 4.69) is 29.5 Å². The number of phenols is 1. The average Bonchev–Trinajstić information content (AvgIpc) is 3.43. The third kappa shape index (κ3) is 4.98. The maximum Gasteiger partial charge on any atom is 0.246 e. The Kier molecular flexibility index (Phi) is 7.60. The number of anilines is 2. The van der Waals surface area contributed by atoms with Crippen molar-refractivity contribution >= 4 is 28.1 Å². The summed E-state index contributed by atoms with van der Waals surface area (Å²) in [5, 5.41) is 22.3. The highest BCUT2D eigenvalue weighted by molar-refractivity contribution is 5.96. The van der Waals surface area contributed by atoms with Crippen LogP contribution in [0.4, 0.5) is 15.8 Å². The van der Waals surface area contributed by atoms with Crippen molar-refractivity contribution in [2.24, 2.45) is 0 Å². The molecule has 10 heteroatoms. The fourth-order valence-corrected chi connectivity index (χ4v) is 6.52. The number of carbonyl (C=O) groups excluding carboxylic acids is 1. The number of phenolic OH excluding ortho intramolecular Hbond substituents is 1. The van der Waals surface area contributed by atoms with E-state index in [0.717, 1.165) is 41.7 Å². The zero-order chi connectivity index (χ0) is 29.4. The Morgan fingerprint density at radius 3 is 2.69 bits per heavy atom. The van der Waals surface area contributed by atoms with Crippen LogP contribution < -0.4 is 14.5 Å². The van der Waals surface area contributed by atoms with Crippen molar-refractivity contribution in [2.45, 2.75) is 31.8 Å². The van der Waals surface area contributed by atoms with E-state index in [1.165, 1.54) is 12.1 Å². The number of hydrogen-bond donors (Lipinski definition) is 1. The van der Waals surface area contributed by atoms with Crippen LogP contribution in [0.2, 0.25) is 0 Å². The molecule has 3 aliphatic rings. The second-order valence-electron chi connectivity index (χ2n) is 11.2. The summed E-state index contributed by atoms with van der Waals surface area (Å²) in [5.41, 5.74) is 3.21. The van der Waals surface area contributed by atoms with Crippen LogP contribution >= 0.6 is 0 Å². The number of rotatable bonds is 6. The lowest BCUT2D eigenvalue weighted by Gasteiger charge is -2.39. The summed E-state index contributed by atoms with van der Waals surface area (Å²) in [7, 11) is 2.08. The van der Waals surface area contributed by atoms with Crippen LogP contribution in [-0.2, 0) is 17.8 Å². The second-order valence-corrected chi connectivity index (χ2v) is 11.2. The number of likely N-dealkylation sites (N-methyl/N-ethyl adjacent to an activating group) is 1. The monoisotopic (exact) mass is 570 g/mol. The van der Waals surface area contributed by atoms with E-state index in [1.54, 1.807) is 4.90 Å². The molecule has 0 spiro atoms. The standard InChI is InChI=1S/C32H35FN6O3/c1-3-28(41)37-13-15-38(16-14-37)30-24-10-12-39(31-23-9-5-4-7-21(23)17-27(40)29(31)33)19-26(24)35-32(25(30)18-34)42-20-22-8-6-11-36(22)2/h3-5,7,9,17,22,40H,1,6,8,10-16,19-20H2,2H3/t22-/m0/s1. The van der Waals surface area contributed by atoms with E-state index in [1.807, 2.05) is 29.2 Å². The molecule has 4 heterocycles. The largest absolute Gasteiger partial charge is 0.505 e. The van der Waals surface area contributed by atoms with E-state index in [9.17, 15) is 15.2 Å². The Labute approximate surface area is 245 Å². The number of ether oxygens (including phenoxy) is 1. The van der Waals surface area contributed by atoms with Crippen LogP contribution in [0.15, 0.2) is 43.0 Å². The lowest BCUT2D eigenvalue weighted by molar-refractivity contribution is -0.126. The molecule has 0 saturated carbocycles. The van der Waals surface area contributed by atoms with Gasteiger partial charge in [-0.2, -0.15) is 5.26 Å². The normalized spacial score (nSPS) is 19.1. The minimum atomic E-state index is -0.658. The number of fused-ring (bicyclic) bond motifs is 2. The number of nitrogens with zero attached hydrogens (tertiary/aromatic N) is 6. The van der Waals surface area contributed by atoms with Crippen molar-refractivity contribution < 1.29 is 19.0 Å². The number of amides is 1. The molecule has 1 N–H and O–H groups in total. The number of aromatic nitrogens is 1. The van der Waals surface area contributed by atoms with Crippen LogP contribution in [0.5, 0.6) is 11.6 Å². The topological polar surface area (TPSA) is 96.2 Å². The zero-order valence-corrected chi connectivity index (χ0v) is 23.9. The Hall–Kier alpha value is -4.36. The molecule has 1 amide bonds. The molecule has 1 aromatic heterocycles. The lowest BCUT2D eigenvalue weighted by Crippen LogP contribution is -2.49. The van der Waals surface area contributed by atoms with Crippen molar-refractivity contribution in [3.63, 3.8) is 0 Å². The van der Waals surface area contributed by atoms with Crippen molar-refractivity contribution in [1.82, 2.24) is 14.8 Å². The van der Waals surface area contributed by atoms with Crippen LogP contribution in [0.3, 0.4) is 0 Å². The molecule has 6 rings (SSSR count). The van der Waals surface area contributed by atoms with Gasteiger partial charge in [-0.05, 0) is 50.4 Å². The van der Waals surface area contributed by atoms with Gasteiger partial charge in [-0.15, -0.1) is 0 Å². The molecule has 2 saturated heterocycles. The Bertz CT molecular complexity index is 1580. The number of likely N-dealkylation sites (tertiary alicyclic amines) is 1. The maximum absolute atomic E-state index is 15.5. The molecule has 0 unspecified atom stereocenters. The summed E-state index contributed by atoms with van der Waals surface area (Å²) in [4.78, 5) is 25.2. The molecule has 218 valence electrons. The first-order chi connectivity index (χ1) is 20.4. The highest BCUT2D eigenvalue weighted by Crippen LogP contribution is 2.41. The number of benzene rings is 2. The minimum absolute atomic E-state index is 0.104. The molecule has 9 nitrogen and oxygen atoms in total. The molecular weight excluding hydrogens is 535 g/mol. The highest BCUT2D eigenvalue weighted by Gasteiger charge is 2.33. The summed E-state index contributed by atoms with van der Waals surface area (Å²) < 4.78 is 21.8. The van der Waals surface area contributed by atoms with E-state index in [0.29, 0.717) is 74.8 Å². The highest BCUT2D eigenvalue weighted by atomic mass is 19.1. The molecule has 3 aliphatic heterocycles. The van der Waals surface area contributed by atoms with Gasteiger partial charge in [0, 0.05) is 49.7 Å². The minimum Gasteiger partial charge on any atom is -0.505 e. The van der Waals surface area contributed by atoms with Gasteiger partial charge in [0.2, 0.25) is 11.8 Å². The van der Waals surface area contributed by atoms with E-state index in [4.69, 9.17) is 9.72 Å². The number of pyridine rings is 1. The molecule has 0 radical (unpaired) electrons. The first-order valence-corrected chi connectivity index (χ1v) is 14.5. The van der Waals surface area contributed by atoms with Gasteiger partial charge >= 0.3 is 0 Å². The molecule has 0 aliphatic carbocycles. The summed E-state index contributed by atoms with van der Waals surface area (Å²) in [6.45, 7) is 7.98. The van der Waals surface area contributed by atoms with Gasteiger partial charge in [0.25, 0.3) is 0 Å². The van der Waals surface area contributed by atoms with Crippen LogP contribution in [-0.4, -0.2) is 84.8 Å². The fraction of sp³-hybridized carbons (Fsp3) is 0.406. The van der Waals surface area contributed by atoms with Crippen molar-refractivity contribution in [2.75, 3.05) is 62.7 Å². The number of carbonyl (C=O) groups is 1. The summed E-state index contributed by atoms with van der Waals surface area (Å²) in [5.74, 6) is -0.860. The third-order valence-corrected chi connectivity index (χ3v) is 8.83. The Balaban J connectivity index is 1.39. The first-order valence-electron chi connectivity index (χ1n) is 14.5. The van der Waals surface area contributed by atoms with Gasteiger partial charge in [-0.25, -0.2) is 9.37 Å². The van der Waals surface area contributed by atoms with Gasteiger partial charge in [-0.3, -0.25) is 4.79 Å². The van der Waals surface area contributed by atoms with Gasteiger partial charge in [0.15, 0.2) is 11.6 Å². The van der Waals surface area contributed by atoms with E-state index < -0.39 is 5.82 Å². The number of piperazine rings is 1. The number of halogens is 1. The van der Waals surface area contributed by atoms with Crippen molar-refractivity contribution in [3.8, 4) is 17.7 Å². The van der Waals surface area contributed by atoms with Crippen LogP contribution in [0, 0.1) is 17.1 Å². The average molecular weight is 571 g/mol. The Morgan fingerprint density at radius 2 is 1.98 bits per heavy atom. The molecule has 3 aromatic rings. The Morgan fingerprint density at radius 1 is 1.19 bits per heavy atom. The van der Waals surface area contributed by atoms with E-state index in [-0.39, 0.29) is 17.7 Å². The van der Waals surface area contributed by atoms with Gasteiger partial charge in [0.1, 0.15) is 18.2 Å². The molecule has 42 heavy (non-hydrogen) atoms. The molecule has 2 fully saturated rings. The summed E-state index contributed by atoms with van der Waals surface area (Å²) >= 11 is 0. The number of aromatic hydroxyl groups is 1. The second kappa shape index (κ2) is 11.5. The predicted molar refractivity (Wildman–Crippen MR) is 159 cm³/mol. The van der Waals surface area contributed by atoms with Crippen LogP contribution in [0.1, 0.15) is 29.7 Å². The molecular formula is C32H35FN6O3. The smallest absolute Gasteiger partial charge is 0.246 e.